The van der Waals surface area contributed by atoms with E-state index in [-0.39, 0.29) is 11.4 Å². The Hall–Kier alpha value is -0.930. The first-order valence-electron chi connectivity index (χ1n) is 5.00. The van der Waals surface area contributed by atoms with Gasteiger partial charge in [-0.25, -0.2) is 4.39 Å². The fourth-order valence-corrected chi connectivity index (χ4v) is 1.22. The van der Waals surface area contributed by atoms with Crippen molar-refractivity contribution in [2.45, 2.75) is 32.9 Å². The van der Waals surface area contributed by atoms with Crippen LogP contribution in [-0.2, 0) is 11.3 Å². The molecule has 0 radical (unpaired) electrons. The molecule has 2 nitrogen and oxygen atoms in total. The zero-order valence-corrected chi connectivity index (χ0v) is 9.51. The van der Waals surface area contributed by atoms with Crippen molar-refractivity contribution < 1.29 is 9.13 Å². The Bertz CT molecular complexity index is 331. The topological polar surface area (TPSA) is 35.2 Å². The molecule has 0 saturated carbocycles. The highest BCUT2D eigenvalue weighted by molar-refractivity contribution is 5.25. The summed E-state index contributed by atoms with van der Waals surface area (Å²) in [5.74, 6) is -0.230. The van der Waals surface area contributed by atoms with Crippen molar-refractivity contribution in [3.8, 4) is 0 Å². The predicted octanol–water partition coefficient (Wildman–Crippen LogP) is 2.39. The average molecular weight is 211 g/mol. The first kappa shape index (κ1) is 12.1. The lowest BCUT2D eigenvalue weighted by Gasteiger charge is -2.18. The van der Waals surface area contributed by atoms with E-state index in [2.05, 4.69) is 0 Å². The van der Waals surface area contributed by atoms with Crippen LogP contribution in [0.5, 0.6) is 0 Å². The van der Waals surface area contributed by atoms with E-state index in [9.17, 15) is 4.39 Å². The number of nitrogens with two attached hydrogens (primary N) is 1. The number of hydrogen-bond acceptors (Lipinski definition) is 2. The van der Waals surface area contributed by atoms with Gasteiger partial charge in [0.15, 0.2) is 0 Å². The summed E-state index contributed by atoms with van der Waals surface area (Å²) < 4.78 is 18.4. The van der Waals surface area contributed by atoms with Crippen molar-refractivity contribution in [2.75, 3.05) is 6.61 Å². The zero-order chi connectivity index (χ0) is 11.5. The van der Waals surface area contributed by atoms with Crippen LogP contribution in [-0.4, -0.2) is 12.1 Å². The summed E-state index contributed by atoms with van der Waals surface area (Å²) in [4.78, 5) is 0. The zero-order valence-electron chi connectivity index (χ0n) is 9.51. The lowest BCUT2D eigenvalue weighted by atomic mass is 10.1. The molecule has 0 spiro atoms. The lowest BCUT2D eigenvalue weighted by molar-refractivity contribution is 0.0846. The summed E-state index contributed by atoms with van der Waals surface area (Å²) in [5.41, 5.74) is 7.33. The summed E-state index contributed by atoms with van der Waals surface area (Å²) in [6.07, 6.45) is 0. The highest BCUT2D eigenvalue weighted by Crippen LogP contribution is 2.12. The molecule has 0 amide bonds. The Labute approximate surface area is 90.2 Å². The first-order valence-corrected chi connectivity index (χ1v) is 5.00. The second kappa shape index (κ2) is 4.73. The number of halogens is 1. The summed E-state index contributed by atoms with van der Waals surface area (Å²) in [5, 5.41) is 0. The number of rotatable bonds is 4. The maximum atomic E-state index is 12.9. The molecule has 0 bridgehead atoms. The Kier molecular flexibility index (Phi) is 3.83. The molecule has 1 aromatic carbocycles. The molecule has 0 atom stereocenters. The van der Waals surface area contributed by atoms with Crippen molar-refractivity contribution in [1.29, 1.82) is 0 Å². The molecule has 1 rings (SSSR count). The molecule has 0 unspecified atom stereocenters. The summed E-state index contributed by atoms with van der Waals surface area (Å²) >= 11 is 0. The minimum Gasteiger partial charge on any atom is -0.375 e. The Morgan fingerprint density at radius 2 is 2.07 bits per heavy atom. The SMILES string of the molecule is Cc1ccc(F)cc1COCC(C)(C)N. The molecule has 0 aliphatic rings. The molecule has 1 aromatic rings. The summed E-state index contributed by atoms with van der Waals surface area (Å²) in [6.45, 7) is 6.59. The van der Waals surface area contributed by atoms with Gasteiger partial charge in [0.05, 0.1) is 13.2 Å². The number of aryl methyl sites for hydroxylation is 1. The maximum absolute atomic E-state index is 12.9. The van der Waals surface area contributed by atoms with E-state index in [1.165, 1.54) is 12.1 Å². The molecule has 0 aliphatic carbocycles. The molecule has 15 heavy (non-hydrogen) atoms. The van der Waals surface area contributed by atoms with Gasteiger partial charge in [0.25, 0.3) is 0 Å². The fraction of sp³-hybridized carbons (Fsp3) is 0.500. The van der Waals surface area contributed by atoms with Crippen LogP contribution in [0.3, 0.4) is 0 Å². The van der Waals surface area contributed by atoms with Crippen LogP contribution in [0.1, 0.15) is 25.0 Å². The van der Waals surface area contributed by atoms with Crippen LogP contribution >= 0.6 is 0 Å². The Morgan fingerprint density at radius 1 is 1.40 bits per heavy atom. The highest BCUT2D eigenvalue weighted by Gasteiger charge is 2.10. The van der Waals surface area contributed by atoms with Gasteiger partial charge in [0.2, 0.25) is 0 Å². The molecule has 84 valence electrons. The van der Waals surface area contributed by atoms with E-state index in [0.29, 0.717) is 13.2 Å². The third-order valence-electron chi connectivity index (χ3n) is 2.04. The minimum atomic E-state index is -0.346. The Balaban J connectivity index is 2.54. The second-order valence-corrected chi connectivity index (χ2v) is 4.55. The van der Waals surface area contributed by atoms with E-state index in [4.69, 9.17) is 10.5 Å². The highest BCUT2D eigenvalue weighted by atomic mass is 19.1. The molecular formula is C12H18FNO. The molecule has 0 aliphatic heterocycles. The largest absolute Gasteiger partial charge is 0.375 e. The quantitative estimate of drug-likeness (QED) is 0.830. The van der Waals surface area contributed by atoms with E-state index in [0.717, 1.165) is 11.1 Å². The van der Waals surface area contributed by atoms with Crippen molar-refractivity contribution in [3.05, 3.63) is 35.1 Å². The van der Waals surface area contributed by atoms with Gasteiger partial charge < -0.3 is 10.5 Å². The first-order chi connectivity index (χ1) is 6.88. The monoisotopic (exact) mass is 211 g/mol. The van der Waals surface area contributed by atoms with E-state index >= 15 is 0 Å². The van der Waals surface area contributed by atoms with E-state index in [1.54, 1.807) is 6.07 Å². The van der Waals surface area contributed by atoms with Crippen LogP contribution in [0.25, 0.3) is 0 Å². The molecule has 0 heterocycles. The fourth-order valence-electron chi connectivity index (χ4n) is 1.22. The molecular weight excluding hydrogens is 193 g/mol. The van der Waals surface area contributed by atoms with Crippen LogP contribution in [0.15, 0.2) is 18.2 Å². The van der Waals surface area contributed by atoms with Gasteiger partial charge >= 0.3 is 0 Å². The molecule has 2 N–H and O–H groups in total. The normalized spacial score (nSPS) is 11.8. The van der Waals surface area contributed by atoms with Crippen LogP contribution < -0.4 is 5.73 Å². The molecule has 0 fully saturated rings. The van der Waals surface area contributed by atoms with Crippen molar-refractivity contribution in [2.24, 2.45) is 5.73 Å². The van der Waals surface area contributed by atoms with Gasteiger partial charge in [-0.05, 0) is 44.0 Å². The van der Waals surface area contributed by atoms with Crippen molar-refractivity contribution in [1.82, 2.24) is 0 Å². The van der Waals surface area contributed by atoms with Crippen LogP contribution in [0.2, 0.25) is 0 Å². The molecule has 0 saturated heterocycles. The Morgan fingerprint density at radius 3 is 2.67 bits per heavy atom. The molecule has 0 aromatic heterocycles. The van der Waals surface area contributed by atoms with Gasteiger partial charge in [-0.2, -0.15) is 0 Å². The molecule has 3 heteroatoms. The van der Waals surface area contributed by atoms with E-state index < -0.39 is 0 Å². The van der Waals surface area contributed by atoms with Crippen LogP contribution in [0.4, 0.5) is 4.39 Å². The van der Waals surface area contributed by atoms with Gasteiger partial charge in [0, 0.05) is 5.54 Å². The average Bonchev–Trinajstić information content (AvgIpc) is 2.09. The number of ether oxygens (including phenoxy) is 1. The minimum absolute atomic E-state index is 0.230. The third kappa shape index (κ3) is 4.40. The van der Waals surface area contributed by atoms with Crippen molar-refractivity contribution >= 4 is 0 Å². The maximum Gasteiger partial charge on any atom is 0.123 e. The summed E-state index contributed by atoms with van der Waals surface area (Å²) in [7, 11) is 0. The predicted molar refractivity (Wildman–Crippen MR) is 59.1 cm³/mol. The van der Waals surface area contributed by atoms with Gasteiger partial charge in [-0.3, -0.25) is 0 Å². The van der Waals surface area contributed by atoms with Gasteiger partial charge in [-0.15, -0.1) is 0 Å². The lowest BCUT2D eigenvalue weighted by Crippen LogP contribution is -2.37. The van der Waals surface area contributed by atoms with Crippen LogP contribution in [0, 0.1) is 12.7 Å². The van der Waals surface area contributed by atoms with E-state index in [1.807, 2.05) is 20.8 Å². The number of benzene rings is 1. The second-order valence-electron chi connectivity index (χ2n) is 4.55. The van der Waals surface area contributed by atoms with Gasteiger partial charge in [-0.1, -0.05) is 6.07 Å². The number of hydrogen-bond donors (Lipinski definition) is 1. The summed E-state index contributed by atoms with van der Waals surface area (Å²) in [6, 6.07) is 4.70. The smallest absolute Gasteiger partial charge is 0.123 e. The van der Waals surface area contributed by atoms with Gasteiger partial charge in [0.1, 0.15) is 5.82 Å². The standard InChI is InChI=1S/C12H18FNO/c1-9-4-5-11(13)6-10(9)7-15-8-12(2,3)14/h4-6H,7-8,14H2,1-3H3. The van der Waals surface area contributed by atoms with Crippen molar-refractivity contribution in [3.63, 3.8) is 0 Å². The third-order valence-corrected chi connectivity index (χ3v) is 2.04.